The van der Waals surface area contributed by atoms with Crippen LogP contribution in [0.3, 0.4) is 0 Å². The first-order chi connectivity index (χ1) is 10.0. The minimum absolute atomic E-state index is 0.248. The van der Waals surface area contributed by atoms with Crippen molar-refractivity contribution in [3.63, 3.8) is 0 Å². The normalized spacial score (nSPS) is 25.8. The van der Waals surface area contributed by atoms with Crippen LogP contribution in [-0.4, -0.2) is 42.2 Å². The monoisotopic (exact) mass is 289 g/mol. The lowest BCUT2D eigenvalue weighted by Gasteiger charge is -2.24. The second-order valence-electron chi connectivity index (χ2n) is 7.54. The van der Waals surface area contributed by atoms with Crippen molar-refractivity contribution in [2.24, 2.45) is 11.3 Å². The largest absolute Gasteiger partial charge is 0.369 e. The zero-order chi connectivity index (χ0) is 14.9. The molecule has 2 N–H and O–H groups in total. The van der Waals surface area contributed by atoms with Crippen LogP contribution >= 0.6 is 0 Å². The Morgan fingerprint density at radius 2 is 2.19 bits per heavy atom. The van der Waals surface area contributed by atoms with Crippen molar-refractivity contribution in [3.8, 4) is 0 Å². The van der Waals surface area contributed by atoms with Crippen molar-refractivity contribution in [1.29, 1.82) is 0 Å². The van der Waals surface area contributed by atoms with E-state index in [-0.39, 0.29) is 5.41 Å². The second kappa shape index (κ2) is 5.79. The lowest BCUT2D eigenvalue weighted by Crippen LogP contribution is -2.40. The van der Waals surface area contributed by atoms with Gasteiger partial charge in [-0.25, -0.2) is 9.97 Å². The maximum Gasteiger partial charge on any atom is 0.134 e. The number of hydrogen-bond acceptors (Lipinski definition) is 5. The van der Waals surface area contributed by atoms with E-state index in [1.165, 1.54) is 12.8 Å². The molecule has 0 saturated carbocycles. The van der Waals surface area contributed by atoms with E-state index in [0.717, 1.165) is 43.7 Å². The molecule has 2 fully saturated rings. The third-order valence-electron chi connectivity index (χ3n) is 4.38. The fraction of sp³-hybridized carbons (Fsp3) is 0.750. The Morgan fingerprint density at radius 1 is 1.33 bits per heavy atom. The van der Waals surface area contributed by atoms with Crippen molar-refractivity contribution in [1.82, 2.24) is 15.3 Å². The average Bonchev–Trinajstić information content (AvgIpc) is 2.89. The molecule has 0 bridgehead atoms. The summed E-state index contributed by atoms with van der Waals surface area (Å²) in [6.07, 6.45) is 4.32. The number of anilines is 2. The van der Waals surface area contributed by atoms with E-state index in [2.05, 4.69) is 52.3 Å². The summed E-state index contributed by atoms with van der Waals surface area (Å²) >= 11 is 0. The number of nitrogens with one attached hydrogen (secondary N) is 2. The molecule has 1 unspecified atom stereocenters. The number of fused-ring (bicyclic) bond motifs is 1. The first-order valence-electron chi connectivity index (χ1n) is 8.05. The molecular weight excluding hydrogens is 262 g/mol. The number of hydrogen-bond donors (Lipinski definition) is 2. The molecule has 2 atom stereocenters. The van der Waals surface area contributed by atoms with Gasteiger partial charge < -0.3 is 15.5 Å². The van der Waals surface area contributed by atoms with Crippen molar-refractivity contribution in [2.45, 2.75) is 39.7 Å². The van der Waals surface area contributed by atoms with Gasteiger partial charge in [-0.05, 0) is 30.7 Å². The Labute approximate surface area is 127 Å². The van der Waals surface area contributed by atoms with Gasteiger partial charge in [-0.15, -0.1) is 0 Å². The number of aromatic nitrogens is 2. The van der Waals surface area contributed by atoms with Crippen LogP contribution in [0.4, 0.5) is 11.6 Å². The van der Waals surface area contributed by atoms with Gasteiger partial charge in [0, 0.05) is 31.7 Å². The first-order valence-corrected chi connectivity index (χ1v) is 8.05. The van der Waals surface area contributed by atoms with Gasteiger partial charge in [0.2, 0.25) is 0 Å². The lowest BCUT2D eigenvalue weighted by atomic mass is 9.94. The minimum atomic E-state index is 0.248. The summed E-state index contributed by atoms with van der Waals surface area (Å²) in [5, 5.41) is 7.06. The van der Waals surface area contributed by atoms with E-state index < -0.39 is 0 Å². The van der Waals surface area contributed by atoms with Crippen molar-refractivity contribution < 1.29 is 0 Å². The Hall–Kier alpha value is -1.36. The molecule has 2 saturated heterocycles. The summed E-state index contributed by atoms with van der Waals surface area (Å²) in [6.45, 7) is 10.9. The van der Waals surface area contributed by atoms with Crippen LogP contribution in [0.25, 0.3) is 0 Å². The van der Waals surface area contributed by atoms with Gasteiger partial charge in [-0.1, -0.05) is 20.8 Å². The van der Waals surface area contributed by atoms with Crippen LogP contribution in [0.1, 0.15) is 33.6 Å². The molecule has 1 aromatic rings. The first kappa shape index (κ1) is 14.6. The highest BCUT2D eigenvalue weighted by molar-refractivity contribution is 5.49. The Morgan fingerprint density at radius 3 is 2.95 bits per heavy atom. The molecule has 0 spiro atoms. The van der Waals surface area contributed by atoms with E-state index in [0.29, 0.717) is 6.04 Å². The predicted molar refractivity (Wildman–Crippen MR) is 86.7 cm³/mol. The third kappa shape index (κ3) is 3.64. The van der Waals surface area contributed by atoms with Gasteiger partial charge in [-0.2, -0.15) is 0 Å². The van der Waals surface area contributed by atoms with Gasteiger partial charge in [0.15, 0.2) is 0 Å². The predicted octanol–water partition coefficient (Wildman–Crippen LogP) is 2.12. The van der Waals surface area contributed by atoms with E-state index in [1.54, 1.807) is 6.33 Å². The molecule has 0 aliphatic carbocycles. The third-order valence-corrected chi connectivity index (χ3v) is 4.38. The highest BCUT2D eigenvalue weighted by Gasteiger charge is 2.34. The van der Waals surface area contributed by atoms with Gasteiger partial charge in [0.1, 0.15) is 18.0 Å². The van der Waals surface area contributed by atoms with Crippen LogP contribution in [0, 0.1) is 11.3 Å². The molecule has 5 heteroatoms. The van der Waals surface area contributed by atoms with Crippen molar-refractivity contribution >= 4 is 11.6 Å². The molecule has 0 aromatic carbocycles. The van der Waals surface area contributed by atoms with E-state index >= 15 is 0 Å². The molecule has 2 aliphatic rings. The molecular formula is C16H27N5. The summed E-state index contributed by atoms with van der Waals surface area (Å²) in [5.74, 6) is 2.76. The van der Waals surface area contributed by atoms with Crippen LogP contribution in [0.2, 0.25) is 0 Å². The van der Waals surface area contributed by atoms with Crippen LogP contribution < -0.4 is 15.5 Å². The number of nitrogens with zero attached hydrogens (tertiary/aromatic N) is 3. The zero-order valence-corrected chi connectivity index (χ0v) is 13.4. The van der Waals surface area contributed by atoms with Gasteiger partial charge in [0.25, 0.3) is 0 Å². The summed E-state index contributed by atoms with van der Waals surface area (Å²) in [5.41, 5.74) is 0.248. The number of rotatable bonds is 3. The molecule has 3 rings (SSSR count). The maximum absolute atomic E-state index is 4.47. The fourth-order valence-electron chi connectivity index (χ4n) is 3.21. The quantitative estimate of drug-likeness (QED) is 0.893. The molecule has 0 amide bonds. The second-order valence-corrected chi connectivity index (χ2v) is 7.54. The SMILES string of the molecule is CC(C)(C)CNc1cc(N2CC3NCCC[C@@H]3C2)ncn1. The fourth-order valence-corrected chi connectivity index (χ4v) is 3.21. The molecule has 5 nitrogen and oxygen atoms in total. The lowest BCUT2D eigenvalue weighted by molar-refractivity contribution is 0.340. The molecule has 116 valence electrons. The smallest absolute Gasteiger partial charge is 0.134 e. The molecule has 1 aromatic heterocycles. The van der Waals surface area contributed by atoms with E-state index in [9.17, 15) is 0 Å². The van der Waals surface area contributed by atoms with Gasteiger partial charge in [-0.3, -0.25) is 0 Å². The molecule has 0 radical (unpaired) electrons. The van der Waals surface area contributed by atoms with Crippen LogP contribution in [0.15, 0.2) is 12.4 Å². The van der Waals surface area contributed by atoms with Crippen LogP contribution in [-0.2, 0) is 0 Å². The standard InChI is InChI=1S/C16H27N5/c1-16(2,3)10-18-14-7-15(20-11-19-14)21-8-12-5-4-6-17-13(12)9-21/h7,11-13,17H,4-6,8-10H2,1-3H3,(H,18,19,20)/t12-,13?/m1/s1. The number of piperidine rings is 1. The highest BCUT2D eigenvalue weighted by Crippen LogP contribution is 2.28. The van der Waals surface area contributed by atoms with Gasteiger partial charge >= 0.3 is 0 Å². The summed E-state index contributed by atoms with van der Waals surface area (Å²) in [6, 6.07) is 2.72. The highest BCUT2D eigenvalue weighted by atomic mass is 15.3. The molecule has 21 heavy (non-hydrogen) atoms. The topological polar surface area (TPSA) is 53.1 Å². The Bertz CT molecular complexity index is 468. The van der Waals surface area contributed by atoms with Crippen molar-refractivity contribution in [2.75, 3.05) is 36.4 Å². The maximum atomic E-state index is 4.47. The zero-order valence-electron chi connectivity index (χ0n) is 13.4. The Balaban J connectivity index is 1.66. The van der Waals surface area contributed by atoms with E-state index in [1.807, 2.05) is 0 Å². The summed E-state index contributed by atoms with van der Waals surface area (Å²) < 4.78 is 0. The van der Waals surface area contributed by atoms with Crippen molar-refractivity contribution in [3.05, 3.63) is 12.4 Å². The van der Waals surface area contributed by atoms with E-state index in [4.69, 9.17) is 0 Å². The summed E-state index contributed by atoms with van der Waals surface area (Å²) in [4.78, 5) is 11.2. The Kier molecular flexibility index (Phi) is 4.02. The average molecular weight is 289 g/mol. The molecule has 3 heterocycles. The van der Waals surface area contributed by atoms with Gasteiger partial charge in [0.05, 0.1) is 0 Å². The minimum Gasteiger partial charge on any atom is -0.369 e. The van der Waals surface area contributed by atoms with Crippen LogP contribution in [0.5, 0.6) is 0 Å². The summed E-state index contributed by atoms with van der Waals surface area (Å²) in [7, 11) is 0. The molecule has 2 aliphatic heterocycles.